The molecule has 0 radical (unpaired) electrons. The molecule has 0 spiro atoms. The van der Waals surface area contributed by atoms with Gasteiger partial charge < -0.3 is 15.2 Å². The van der Waals surface area contributed by atoms with Crippen LogP contribution in [0.2, 0.25) is 0 Å². The number of fused-ring (bicyclic) bond motifs is 1. The summed E-state index contributed by atoms with van der Waals surface area (Å²) in [6.07, 6.45) is 0.494. The van der Waals surface area contributed by atoms with Gasteiger partial charge in [0.05, 0.1) is 17.4 Å². The van der Waals surface area contributed by atoms with Crippen molar-refractivity contribution in [3.05, 3.63) is 40.4 Å². The second kappa shape index (κ2) is 8.12. The van der Waals surface area contributed by atoms with E-state index in [4.69, 9.17) is 0 Å². The second-order valence-electron chi connectivity index (χ2n) is 7.24. The SMILES string of the molecule is CCN(CC(=O)NC(C)(C)C)C(=O)CCc1nc2ccccc2c(=O)[nH]1. The van der Waals surface area contributed by atoms with Crippen molar-refractivity contribution in [2.24, 2.45) is 0 Å². The smallest absolute Gasteiger partial charge is 0.258 e. The first-order chi connectivity index (χ1) is 12.2. The zero-order chi connectivity index (χ0) is 19.3. The van der Waals surface area contributed by atoms with Crippen LogP contribution in [-0.2, 0) is 16.0 Å². The van der Waals surface area contributed by atoms with Gasteiger partial charge in [0.1, 0.15) is 5.82 Å². The average molecular weight is 358 g/mol. The fourth-order valence-corrected chi connectivity index (χ4v) is 2.64. The first-order valence-electron chi connectivity index (χ1n) is 8.76. The fourth-order valence-electron chi connectivity index (χ4n) is 2.64. The molecule has 0 fully saturated rings. The number of aromatic nitrogens is 2. The molecule has 0 bridgehead atoms. The van der Waals surface area contributed by atoms with Gasteiger partial charge in [-0.05, 0) is 39.8 Å². The number of hydrogen-bond acceptors (Lipinski definition) is 4. The van der Waals surface area contributed by atoms with Crippen molar-refractivity contribution in [2.45, 2.75) is 46.1 Å². The van der Waals surface area contributed by atoms with Gasteiger partial charge in [-0.3, -0.25) is 14.4 Å². The summed E-state index contributed by atoms with van der Waals surface area (Å²) in [5, 5.41) is 3.37. The molecule has 2 aromatic rings. The summed E-state index contributed by atoms with van der Waals surface area (Å²) in [5.41, 5.74) is 0.0548. The lowest BCUT2D eigenvalue weighted by atomic mass is 10.1. The van der Waals surface area contributed by atoms with Gasteiger partial charge in [0.25, 0.3) is 5.56 Å². The van der Waals surface area contributed by atoms with Gasteiger partial charge in [-0.25, -0.2) is 4.98 Å². The predicted molar refractivity (Wildman–Crippen MR) is 101 cm³/mol. The van der Waals surface area contributed by atoms with E-state index in [-0.39, 0.29) is 35.9 Å². The van der Waals surface area contributed by atoms with Crippen LogP contribution in [0.1, 0.15) is 39.9 Å². The van der Waals surface area contributed by atoms with Crippen LogP contribution in [-0.4, -0.2) is 45.3 Å². The third kappa shape index (κ3) is 5.40. The molecule has 1 aromatic carbocycles. The second-order valence-corrected chi connectivity index (χ2v) is 7.24. The number of nitrogens with one attached hydrogen (secondary N) is 2. The van der Waals surface area contributed by atoms with Crippen LogP contribution in [0.4, 0.5) is 0 Å². The van der Waals surface area contributed by atoms with Crippen molar-refractivity contribution in [1.82, 2.24) is 20.2 Å². The van der Waals surface area contributed by atoms with Crippen LogP contribution < -0.4 is 10.9 Å². The number of hydrogen-bond donors (Lipinski definition) is 2. The van der Waals surface area contributed by atoms with E-state index in [2.05, 4.69) is 15.3 Å². The molecule has 140 valence electrons. The summed E-state index contributed by atoms with van der Waals surface area (Å²) in [7, 11) is 0. The number of para-hydroxylation sites is 1. The maximum Gasteiger partial charge on any atom is 0.258 e. The molecule has 7 nitrogen and oxygen atoms in total. The maximum atomic E-state index is 12.4. The number of carbonyl (C=O) groups excluding carboxylic acids is 2. The Labute approximate surface area is 152 Å². The topological polar surface area (TPSA) is 95.2 Å². The summed E-state index contributed by atoms with van der Waals surface area (Å²) in [6, 6.07) is 7.08. The standard InChI is InChI=1S/C19H26N4O3/c1-5-23(12-16(24)22-19(2,3)4)17(25)11-10-15-20-14-9-7-6-8-13(14)18(26)21-15/h6-9H,5,10-12H2,1-4H3,(H,22,24)(H,20,21,26). The molecule has 0 saturated carbocycles. The number of benzene rings is 1. The van der Waals surface area contributed by atoms with Crippen molar-refractivity contribution in [2.75, 3.05) is 13.1 Å². The number of nitrogens with zero attached hydrogens (tertiary/aromatic N) is 2. The average Bonchev–Trinajstić information content (AvgIpc) is 2.56. The van der Waals surface area contributed by atoms with E-state index in [0.717, 1.165) is 0 Å². The van der Waals surface area contributed by atoms with E-state index in [9.17, 15) is 14.4 Å². The number of amides is 2. The molecule has 0 aliphatic rings. The third-order valence-electron chi connectivity index (χ3n) is 3.82. The highest BCUT2D eigenvalue weighted by Crippen LogP contribution is 2.07. The molecular weight excluding hydrogens is 332 g/mol. The summed E-state index contributed by atoms with van der Waals surface area (Å²) in [4.78, 5) is 45.1. The zero-order valence-corrected chi connectivity index (χ0v) is 15.8. The van der Waals surface area contributed by atoms with Crippen LogP contribution in [0.5, 0.6) is 0 Å². The molecule has 1 aromatic heterocycles. The van der Waals surface area contributed by atoms with E-state index in [0.29, 0.717) is 29.7 Å². The third-order valence-corrected chi connectivity index (χ3v) is 3.82. The Hall–Kier alpha value is -2.70. The summed E-state index contributed by atoms with van der Waals surface area (Å²) in [5.74, 6) is 0.134. The first kappa shape index (κ1) is 19.6. The van der Waals surface area contributed by atoms with Gasteiger partial charge >= 0.3 is 0 Å². The number of rotatable bonds is 6. The van der Waals surface area contributed by atoms with E-state index in [1.807, 2.05) is 33.8 Å². The van der Waals surface area contributed by atoms with E-state index in [1.165, 1.54) is 4.90 Å². The van der Waals surface area contributed by atoms with Crippen LogP contribution >= 0.6 is 0 Å². The Kier molecular flexibility index (Phi) is 6.13. The van der Waals surface area contributed by atoms with Crippen molar-refractivity contribution in [1.29, 1.82) is 0 Å². The van der Waals surface area contributed by atoms with Gasteiger partial charge in [-0.15, -0.1) is 0 Å². The van der Waals surface area contributed by atoms with Crippen LogP contribution in [0.25, 0.3) is 10.9 Å². The molecule has 2 rings (SSSR count). The lowest BCUT2D eigenvalue weighted by Crippen LogP contribution is -2.47. The van der Waals surface area contributed by atoms with Gasteiger partial charge in [0, 0.05) is 24.9 Å². The fraction of sp³-hybridized carbons (Fsp3) is 0.474. The Morgan fingerprint density at radius 3 is 2.58 bits per heavy atom. The van der Waals surface area contributed by atoms with Crippen molar-refractivity contribution < 1.29 is 9.59 Å². The van der Waals surface area contributed by atoms with E-state index >= 15 is 0 Å². The number of H-pyrrole nitrogens is 1. The summed E-state index contributed by atoms with van der Waals surface area (Å²) >= 11 is 0. The van der Waals surface area contributed by atoms with Gasteiger partial charge in [-0.2, -0.15) is 0 Å². The lowest BCUT2D eigenvalue weighted by molar-refractivity contribution is -0.136. The highest BCUT2D eigenvalue weighted by atomic mass is 16.2. The van der Waals surface area contributed by atoms with Crippen molar-refractivity contribution >= 4 is 22.7 Å². The highest BCUT2D eigenvalue weighted by molar-refractivity contribution is 5.85. The Morgan fingerprint density at radius 1 is 1.23 bits per heavy atom. The van der Waals surface area contributed by atoms with Gasteiger partial charge in [0.15, 0.2) is 0 Å². The van der Waals surface area contributed by atoms with E-state index in [1.54, 1.807) is 18.2 Å². The molecule has 0 saturated heterocycles. The maximum absolute atomic E-state index is 12.4. The van der Waals surface area contributed by atoms with E-state index < -0.39 is 0 Å². The number of likely N-dealkylation sites (N-methyl/N-ethyl adjacent to an activating group) is 1. The molecule has 2 N–H and O–H groups in total. The highest BCUT2D eigenvalue weighted by Gasteiger charge is 2.19. The van der Waals surface area contributed by atoms with Crippen LogP contribution in [0.3, 0.4) is 0 Å². The Balaban J connectivity index is 2.00. The minimum atomic E-state index is -0.339. The van der Waals surface area contributed by atoms with Gasteiger partial charge in [-0.1, -0.05) is 12.1 Å². The normalized spacial score (nSPS) is 11.4. The number of carbonyl (C=O) groups is 2. The molecule has 7 heteroatoms. The number of aromatic amines is 1. The number of aryl methyl sites for hydroxylation is 1. The quantitative estimate of drug-likeness (QED) is 0.820. The largest absolute Gasteiger partial charge is 0.350 e. The van der Waals surface area contributed by atoms with Crippen molar-refractivity contribution in [3.63, 3.8) is 0 Å². The summed E-state index contributed by atoms with van der Waals surface area (Å²) < 4.78 is 0. The molecule has 2 amide bonds. The molecule has 0 unspecified atom stereocenters. The molecule has 0 aliphatic carbocycles. The molecule has 0 atom stereocenters. The van der Waals surface area contributed by atoms with Crippen LogP contribution in [0.15, 0.2) is 29.1 Å². The Morgan fingerprint density at radius 2 is 1.92 bits per heavy atom. The van der Waals surface area contributed by atoms with Crippen molar-refractivity contribution in [3.8, 4) is 0 Å². The molecule has 0 aliphatic heterocycles. The van der Waals surface area contributed by atoms with Crippen LogP contribution in [0, 0.1) is 0 Å². The predicted octanol–water partition coefficient (Wildman–Crippen LogP) is 1.62. The minimum absolute atomic E-state index is 0.0221. The summed E-state index contributed by atoms with van der Waals surface area (Å²) in [6.45, 7) is 7.98. The molecule has 1 heterocycles. The monoisotopic (exact) mass is 358 g/mol. The minimum Gasteiger partial charge on any atom is -0.350 e. The van der Waals surface area contributed by atoms with Gasteiger partial charge in [0.2, 0.25) is 11.8 Å². The zero-order valence-electron chi connectivity index (χ0n) is 15.8. The molecule has 26 heavy (non-hydrogen) atoms. The first-order valence-corrected chi connectivity index (χ1v) is 8.76. The molecular formula is C19H26N4O3. The lowest BCUT2D eigenvalue weighted by Gasteiger charge is -2.25. The Bertz CT molecular complexity index is 852.